The molecular formula is C16H24FN. The Kier molecular flexibility index (Phi) is 7.35. The first-order valence-corrected chi connectivity index (χ1v) is 6.87. The molecule has 0 saturated heterocycles. The molecule has 0 spiro atoms. The van der Waals surface area contributed by atoms with Crippen LogP contribution in [0, 0.1) is 5.82 Å². The number of halogens is 1. The van der Waals surface area contributed by atoms with Gasteiger partial charge >= 0.3 is 0 Å². The average molecular weight is 249 g/mol. The molecule has 1 N–H and O–H groups in total. The molecule has 1 nitrogen and oxygen atoms in total. The van der Waals surface area contributed by atoms with Gasteiger partial charge < -0.3 is 5.32 Å². The van der Waals surface area contributed by atoms with Gasteiger partial charge in [0.15, 0.2) is 0 Å². The molecule has 1 aromatic carbocycles. The van der Waals surface area contributed by atoms with Crippen molar-refractivity contribution in [1.82, 2.24) is 5.32 Å². The van der Waals surface area contributed by atoms with E-state index in [1.54, 1.807) is 0 Å². The Morgan fingerprint density at radius 2 is 1.94 bits per heavy atom. The summed E-state index contributed by atoms with van der Waals surface area (Å²) >= 11 is 0. The highest BCUT2D eigenvalue weighted by Gasteiger charge is 2.09. The Balaban J connectivity index is 2.43. The van der Waals surface area contributed by atoms with E-state index >= 15 is 0 Å². The van der Waals surface area contributed by atoms with E-state index in [1.165, 1.54) is 37.0 Å². The van der Waals surface area contributed by atoms with Crippen LogP contribution < -0.4 is 5.32 Å². The molecule has 0 heterocycles. The Bertz CT molecular complexity index is 331. The molecule has 0 fully saturated rings. The van der Waals surface area contributed by atoms with Crippen LogP contribution in [-0.2, 0) is 0 Å². The highest BCUT2D eigenvalue weighted by molar-refractivity contribution is 5.19. The maximum Gasteiger partial charge on any atom is 0.123 e. The van der Waals surface area contributed by atoms with E-state index in [1.807, 2.05) is 18.2 Å². The predicted molar refractivity (Wildman–Crippen MR) is 76.1 cm³/mol. The fourth-order valence-electron chi connectivity index (χ4n) is 2.14. The highest BCUT2D eigenvalue weighted by Crippen LogP contribution is 2.20. The molecule has 1 atom stereocenters. The zero-order valence-corrected chi connectivity index (χ0v) is 11.3. The van der Waals surface area contributed by atoms with Gasteiger partial charge in [0.05, 0.1) is 0 Å². The van der Waals surface area contributed by atoms with Crippen molar-refractivity contribution in [2.24, 2.45) is 0 Å². The van der Waals surface area contributed by atoms with Gasteiger partial charge in [-0.3, -0.25) is 0 Å². The van der Waals surface area contributed by atoms with Crippen molar-refractivity contribution in [2.75, 3.05) is 6.54 Å². The van der Waals surface area contributed by atoms with Crippen molar-refractivity contribution in [3.8, 4) is 0 Å². The largest absolute Gasteiger partial charge is 0.310 e. The Morgan fingerprint density at radius 3 is 2.56 bits per heavy atom. The van der Waals surface area contributed by atoms with Crippen LogP contribution >= 0.6 is 0 Å². The number of rotatable bonds is 9. The molecule has 0 aliphatic rings. The van der Waals surface area contributed by atoms with E-state index in [9.17, 15) is 4.39 Å². The lowest BCUT2D eigenvalue weighted by Gasteiger charge is -2.18. The second kappa shape index (κ2) is 8.87. The van der Waals surface area contributed by atoms with Crippen molar-refractivity contribution < 1.29 is 4.39 Å². The molecule has 18 heavy (non-hydrogen) atoms. The van der Waals surface area contributed by atoms with Crippen molar-refractivity contribution >= 4 is 0 Å². The first-order chi connectivity index (χ1) is 8.77. The van der Waals surface area contributed by atoms with Crippen molar-refractivity contribution in [2.45, 2.75) is 45.1 Å². The Hall–Kier alpha value is -1.15. The topological polar surface area (TPSA) is 12.0 Å². The van der Waals surface area contributed by atoms with Crippen molar-refractivity contribution in [3.05, 3.63) is 48.3 Å². The molecular weight excluding hydrogens is 225 g/mol. The molecule has 0 aliphatic heterocycles. The second-order valence-electron chi connectivity index (χ2n) is 4.59. The van der Waals surface area contributed by atoms with Crippen LogP contribution in [0.4, 0.5) is 4.39 Å². The van der Waals surface area contributed by atoms with Gasteiger partial charge in [0.2, 0.25) is 0 Å². The normalized spacial score (nSPS) is 12.3. The standard InChI is InChI=1S/C16H24FN/c1-3-5-6-7-8-9-16(18-4-2)14-10-12-15(17)13-11-14/h3,10-13,16,18H,1,4-9H2,2H3. The lowest BCUT2D eigenvalue weighted by Crippen LogP contribution is -2.20. The van der Waals surface area contributed by atoms with Gasteiger partial charge in [0.1, 0.15) is 5.82 Å². The number of unbranched alkanes of at least 4 members (excludes halogenated alkanes) is 3. The summed E-state index contributed by atoms with van der Waals surface area (Å²) in [5.41, 5.74) is 1.18. The molecule has 0 saturated carbocycles. The molecule has 0 aliphatic carbocycles. The fraction of sp³-hybridized carbons (Fsp3) is 0.500. The van der Waals surface area contributed by atoms with Gasteiger partial charge in [-0.2, -0.15) is 0 Å². The van der Waals surface area contributed by atoms with Gasteiger partial charge in [-0.25, -0.2) is 4.39 Å². The predicted octanol–water partition coefficient (Wildman–Crippen LogP) is 4.61. The minimum absolute atomic E-state index is 0.167. The van der Waals surface area contributed by atoms with Gasteiger partial charge in [0, 0.05) is 6.04 Å². The lowest BCUT2D eigenvalue weighted by molar-refractivity contribution is 0.483. The van der Waals surface area contributed by atoms with E-state index < -0.39 is 0 Å². The van der Waals surface area contributed by atoms with E-state index in [4.69, 9.17) is 0 Å². The van der Waals surface area contributed by atoms with E-state index in [2.05, 4.69) is 18.8 Å². The van der Waals surface area contributed by atoms with Crippen LogP contribution in [0.15, 0.2) is 36.9 Å². The summed E-state index contributed by atoms with van der Waals surface area (Å²) < 4.78 is 12.9. The van der Waals surface area contributed by atoms with Crippen LogP contribution in [0.1, 0.15) is 50.6 Å². The first kappa shape index (κ1) is 14.9. The van der Waals surface area contributed by atoms with Gasteiger partial charge in [0.25, 0.3) is 0 Å². The molecule has 0 radical (unpaired) electrons. The zero-order chi connectivity index (χ0) is 13.2. The monoisotopic (exact) mass is 249 g/mol. The molecule has 0 bridgehead atoms. The Labute approximate surface area is 110 Å². The molecule has 0 amide bonds. The highest BCUT2D eigenvalue weighted by atomic mass is 19.1. The molecule has 2 heteroatoms. The summed E-state index contributed by atoms with van der Waals surface area (Å²) in [6.07, 6.45) is 7.82. The number of benzene rings is 1. The van der Waals surface area contributed by atoms with Crippen LogP contribution in [0.2, 0.25) is 0 Å². The van der Waals surface area contributed by atoms with E-state index in [0.29, 0.717) is 6.04 Å². The summed E-state index contributed by atoms with van der Waals surface area (Å²) in [5.74, 6) is -0.167. The summed E-state index contributed by atoms with van der Waals surface area (Å²) in [4.78, 5) is 0. The van der Waals surface area contributed by atoms with Crippen molar-refractivity contribution in [1.29, 1.82) is 0 Å². The van der Waals surface area contributed by atoms with E-state index in [-0.39, 0.29) is 5.82 Å². The molecule has 1 unspecified atom stereocenters. The molecule has 1 aromatic rings. The SMILES string of the molecule is C=CCCCCCC(NCC)c1ccc(F)cc1. The third-order valence-electron chi connectivity index (χ3n) is 3.12. The number of hydrogen-bond acceptors (Lipinski definition) is 1. The fourth-order valence-corrected chi connectivity index (χ4v) is 2.14. The third kappa shape index (κ3) is 5.46. The number of allylic oxidation sites excluding steroid dienone is 1. The number of nitrogens with one attached hydrogen (secondary N) is 1. The first-order valence-electron chi connectivity index (χ1n) is 6.87. The minimum atomic E-state index is -0.167. The van der Waals surface area contributed by atoms with Gasteiger partial charge in [-0.05, 0) is 43.5 Å². The smallest absolute Gasteiger partial charge is 0.123 e. The van der Waals surface area contributed by atoms with Crippen LogP contribution in [-0.4, -0.2) is 6.54 Å². The number of hydrogen-bond donors (Lipinski definition) is 1. The van der Waals surface area contributed by atoms with E-state index in [0.717, 1.165) is 19.4 Å². The van der Waals surface area contributed by atoms with Crippen LogP contribution in [0.3, 0.4) is 0 Å². The van der Waals surface area contributed by atoms with Gasteiger partial charge in [-0.1, -0.05) is 38.0 Å². The maximum atomic E-state index is 12.9. The average Bonchev–Trinajstić information content (AvgIpc) is 2.38. The lowest BCUT2D eigenvalue weighted by atomic mass is 10.00. The van der Waals surface area contributed by atoms with Crippen molar-refractivity contribution in [3.63, 3.8) is 0 Å². The summed E-state index contributed by atoms with van der Waals surface area (Å²) in [6.45, 7) is 6.78. The summed E-state index contributed by atoms with van der Waals surface area (Å²) in [5, 5.41) is 3.47. The summed E-state index contributed by atoms with van der Waals surface area (Å²) in [7, 11) is 0. The maximum absolute atomic E-state index is 12.9. The second-order valence-corrected chi connectivity index (χ2v) is 4.59. The van der Waals surface area contributed by atoms with Gasteiger partial charge in [-0.15, -0.1) is 6.58 Å². The van der Waals surface area contributed by atoms with Crippen LogP contribution in [0.25, 0.3) is 0 Å². The molecule has 1 rings (SSSR count). The summed E-state index contributed by atoms with van der Waals surface area (Å²) in [6, 6.07) is 7.19. The third-order valence-corrected chi connectivity index (χ3v) is 3.12. The quantitative estimate of drug-likeness (QED) is 0.497. The zero-order valence-electron chi connectivity index (χ0n) is 11.3. The Morgan fingerprint density at radius 1 is 1.22 bits per heavy atom. The van der Waals surface area contributed by atoms with Crippen LogP contribution in [0.5, 0.6) is 0 Å². The molecule has 0 aromatic heterocycles. The molecule has 100 valence electrons. The minimum Gasteiger partial charge on any atom is -0.310 e.